The molecule has 4 rings (SSSR count). The third-order valence-corrected chi connectivity index (χ3v) is 6.24. The SMILES string of the molecule is Cc1cccc(-n2c(SCC(=O)Nc3ccc(C)cc3Br)nnc2-c2ccccc2)c1. The first-order chi connectivity index (χ1) is 15.0. The Bertz CT molecular complexity index is 1220. The van der Waals surface area contributed by atoms with Crippen LogP contribution in [0.25, 0.3) is 17.1 Å². The van der Waals surface area contributed by atoms with E-state index in [2.05, 4.69) is 50.5 Å². The number of carbonyl (C=O) groups is 1. The molecule has 31 heavy (non-hydrogen) atoms. The lowest BCUT2D eigenvalue weighted by molar-refractivity contribution is -0.113. The van der Waals surface area contributed by atoms with E-state index in [4.69, 9.17) is 0 Å². The lowest BCUT2D eigenvalue weighted by Gasteiger charge is -2.11. The third-order valence-electron chi connectivity index (χ3n) is 4.66. The molecule has 3 aromatic carbocycles. The molecule has 1 heterocycles. The van der Waals surface area contributed by atoms with Crippen molar-refractivity contribution in [1.29, 1.82) is 0 Å². The molecule has 156 valence electrons. The molecule has 0 saturated heterocycles. The van der Waals surface area contributed by atoms with Crippen LogP contribution in [0.15, 0.2) is 82.4 Å². The van der Waals surface area contributed by atoms with Gasteiger partial charge in [0.25, 0.3) is 0 Å². The molecule has 0 radical (unpaired) electrons. The van der Waals surface area contributed by atoms with Gasteiger partial charge in [0, 0.05) is 15.7 Å². The molecular formula is C24H21BrN4OS. The van der Waals surface area contributed by atoms with Crippen LogP contribution < -0.4 is 5.32 Å². The Kier molecular flexibility index (Phi) is 6.53. The van der Waals surface area contributed by atoms with Crippen LogP contribution in [-0.4, -0.2) is 26.4 Å². The molecule has 0 aliphatic carbocycles. The van der Waals surface area contributed by atoms with Gasteiger partial charge in [0.2, 0.25) is 5.91 Å². The van der Waals surface area contributed by atoms with Crippen molar-refractivity contribution in [3.05, 3.63) is 88.4 Å². The van der Waals surface area contributed by atoms with Crippen molar-refractivity contribution in [2.45, 2.75) is 19.0 Å². The van der Waals surface area contributed by atoms with Crippen LogP contribution >= 0.6 is 27.7 Å². The number of halogens is 1. The van der Waals surface area contributed by atoms with Crippen molar-refractivity contribution in [2.24, 2.45) is 0 Å². The van der Waals surface area contributed by atoms with Gasteiger partial charge in [-0.15, -0.1) is 10.2 Å². The number of hydrogen-bond acceptors (Lipinski definition) is 4. The molecule has 1 aromatic heterocycles. The van der Waals surface area contributed by atoms with Gasteiger partial charge in [-0.1, -0.05) is 60.3 Å². The summed E-state index contributed by atoms with van der Waals surface area (Å²) in [5.74, 6) is 0.865. The topological polar surface area (TPSA) is 59.8 Å². The zero-order valence-corrected chi connectivity index (χ0v) is 19.6. The number of carbonyl (C=O) groups excluding carboxylic acids is 1. The van der Waals surface area contributed by atoms with Gasteiger partial charge in [-0.05, 0) is 65.2 Å². The summed E-state index contributed by atoms with van der Waals surface area (Å²) in [5, 5.41) is 12.4. The van der Waals surface area contributed by atoms with Crippen LogP contribution in [0, 0.1) is 13.8 Å². The second-order valence-electron chi connectivity index (χ2n) is 7.17. The number of amides is 1. The van der Waals surface area contributed by atoms with Crippen molar-refractivity contribution >= 4 is 39.3 Å². The zero-order chi connectivity index (χ0) is 21.8. The van der Waals surface area contributed by atoms with Crippen LogP contribution in [0.1, 0.15) is 11.1 Å². The monoisotopic (exact) mass is 492 g/mol. The maximum absolute atomic E-state index is 12.6. The van der Waals surface area contributed by atoms with E-state index in [1.54, 1.807) is 0 Å². The maximum Gasteiger partial charge on any atom is 0.234 e. The van der Waals surface area contributed by atoms with E-state index in [-0.39, 0.29) is 11.7 Å². The number of aryl methyl sites for hydroxylation is 2. The second kappa shape index (κ2) is 9.49. The summed E-state index contributed by atoms with van der Waals surface area (Å²) in [4.78, 5) is 12.6. The van der Waals surface area contributed by atoms with E-state index >= 15 is 0 Å². The fourth-order valence-corrected chi connectivity index (χ4v) is 4.52. The van der Waals surface area contributed by atoms with Crippen LogP contribution in [0.5, 0.6) is 0 Å². The lowest BCUT2D eigenvalue weighted by atomic mass is 10.2. The smallest absolute Gasteiger partial charge is 0.234 e. The van der Waals surface area contributed by atoms with Gasteiger partial charge >= 0.3 is 0 Å². The number of aromatic nitrogens is 3. The van der Waals surface area contributed by atoms with Crippen molar-refractivity contribution in [1.82, 2.24) is 14.8 Å². The Labute approximate surface area is 194 Å². The highest BCUT2D eigenvalue weighted by Gasteiger charge is 2.17. The van der Waals surface area contributed by atoms with Gasteiger partial charge in [0.15, 0.2) is 11.0 Å². The minimum Gasteiger partial charge on any atom is -0.324 e. The Morgan fingerprint density at radius 1 is 0.968 bits per heavy atom. The number of nitrogens with one attached hydrogen (secondary N) is 1. The molecular weight excluding hydrogens is 472 g/mol. The first-order valence-electron chi connectivity index (χ1n) is 9.78. The highest BCUT2D eigenvalue weighted by Crippen LogP contribution is 2.29. The quantitative estimate of drug-likeness (QED) is 0.333. The zero-order valence-electron chi connectivity index (χ0n) is 17.2. The number of thioether (sulfide) groups is 1. The minimum atomic E-state index is -0.102. The molecule has 0 atom stereocenters. The second-order valence-corrected chi connectivity index (χ2v) is 8.96. The molecule has 4 aromatic rings. The van der Waals surface area contributed by atoms with E-state index < -0.39 is 0 Å². The molecule has 0 aliphatic heterocycles. The fourth-order valence-electron chi connectivity index (χ4n) is 3.18. The predicted molar refractivity (Wildman–Crippen MR) is 130 cm³/mol. The first kappa shape index (κ1) is 21.3. The molecule has 0 bridgehead atoms. The third kappa shape index (κ3) is 5.06. The van der Waals surface area contributed by atoms with E-state index in [0.717, 1.165) is 38.4 Å². The Morgan fingerprint density at radius 2 is 1.74 bits per heavy atom. The van der Waals surface area contributed by atoms with Crippen LogP contribution in [0.3, 0.4) is 0 Å². The average molecular weight is 493 g/mol. The Hall–Kier alpha value is -2.90. The van der Waals surface area contributed by atoms with Crippen LogP contribution in [0.4, 0.5) is 5.69 Å². The van der Waals surface area contributed by atoms with E-state index in [1.807, 2.05) is 72.2 Å². The van der Waals surface area contributed by atoms with Gasteiger partial charge in [-0.2, -0.15) is 0 Å². The Balaban J connectivity index is 1.59. The number of benzene rings is 3. The highest BCUT2D eigenvalue weighted by molar-refractivity contribution is 9.10. The van der Waals surface area contributed by atoms with Gasteiger partial charge < -0.3 is 5.32 Å². The molecule has 0 unspecified atom stereocenters. The number of hydrogen-bond donors (Lipinski definition) is 1. The largest absolute Gasteiger partial charge is 0.324 e. The lowest BCUT2D eigenvalue weighted by Crippen LogP contribution is -2.15. The van der Waals surface area contributed by atoms with Crippen molar-refractivity contribution in [2.75, 3.05) is 11.1 Å². The van der Waals surface area contributed by atoms with Crippen LogP contribution in [-0.2, 0) is 4.79 Å². The summed E-state index contributed by atoms with van der Waals surface area (Å²) < 4.78 is 2.86. The number of rotatable bonds is 6. The maximum atomic E-state index is 12.6. The van der Waals surface area contributed by atoms with Crippen molar-refractivity contribution < 1.29 is 4.79 Å². The minimum absolute atomic E-state index is 0.102. The summed E-state index contributed by atoms with van der Waals surface area (Å²) in [6.45, 7) is 4.06. The predicted octanol–water partition coefficient (Wildman–Crippen LogP) is 6.04. The average Bonchev–Trinajstić information content (AvgIpc) is 3.19. The summed E-state index contributed by atoms with van der Waals surface area (Å²) >= 11 is 4.86. The van der Waals surface area contributed by atoms with Crippen LogP contribution in [0.2, 0.25) is 0 Å². The molecule has 0 fully saturated rings. The number of nitrogens with zero attached hydrogens (tertiary/aromatic N) is 3. The normalized spacial score (nSPS) is 10.8. The van der Waals surface area contributed by atoms with E-state index in [9.17, 15) is 4.79 Å². The summed E-state index contributed by atoms with van der Waals surface area (Å²) in [5.41, 5.74) is 4.95. The highest BCUT2D eigenvalue weighted by atomic mass is 79.9. The van der Waals surface area contributed by atoms with Gasteiger partial charge in [0.05, 0.1) is 11.4 Å². The number of anilines is 1. The molecule has 5 nitrogen and oxygen atoms in total. The fraction of sp³-hybridized carbons (Fsp3) is 0.125. The molecule has 1 amide bonds. The standard InChI is InChI=1S/C24H21BrN4OS/c1-16-7-6-10-19(13-16)29-23(18-8-4-3-5-9-18)27-28-24(29)31-15-22(30)26-21-12-11-17(2)14-20(21)25/h3-14H,15H2,1-2H3,(H,26,30). The van der Waals surface area contributed by atoms with Crippen molar-refractivity contribution in [3.63, 3.8) is 0 Å². The Morgan fingerprint density at radius 3 is 2.48 bits per heavy atom. The van der Waals surface area contributed by atoms with E-state index in [1.165, 1.54) is 11.8 Å². The molecule has 0 aliphatic rings. The molecule has 0 spiro atoms. The molecule has 7 heteroatoms. The van der Waals surface area contributed by atoms with Gasteiger partial charge in [-0.25, -0.2) is 0 Å². The van der Waals surface area contributed by atoms with Gasteiger partial charge in [0.1, 0.15) is 0 Å². The van der Waals surface area contributed by atoms with E-state index in [0.29, 0.717) is 5.16 Å². The molecule has 0 saturated carbocycles. The summed E-state index contributed by atoms with van der Waals surface area (Å²) in [7, 11) is 0. The van der Waals surface area contributed by atoms with Crippen molar-refractivity contribution in [3.8, 4) is 17.1 Å². The summed E-state index contributed by atoms with van der Waals surface area (Å²) in [6, 6.07) is 23.9. The summed E-state index contributed by atoms with van der Waals surface area (Å²) in [6.07, 6.45) is 0. The molecule has 1 N–H and O–H groups in total. The van der Waals surface area contributed by atoms with Gasteiger partial charge in [-0.3, -0.25) is 9.36 Å². The first-order valence-corrected chi connectivity index (χ1v) is 11.6.